The van der Waals surface area contributed by atoms with Crippen LogP contribution in [0.5, 0.6) is 0 Å². The summed E-state index contributed by atoms with van der Waals surface area (Å²) in [5.41, 5.74) is 6.04. The second-order valence-electron chi connectivity index (χ2n) is 11.6. The number of anilines is 1. The Hall–Kier alpha value is -4.74. The van der Waals surface area contributed by atoms with Gasteiger partial charge in [-0.15, -0.1) is 0 Å². The average molecular weight is 627 g/mol. The van der Waals surface area contributed by atoms with E-state index in [0.717, 1.165) is 58.4 Å². The SMILES string of the molecule is CN(Cc1ccc(/C=C\C(=O)O)cc1)S(=O)(=O)NC(=O)c1ccc2c(C3CCCCC3)c3n(c2c1)CC(=O)Nc1ccccc1-3. The molecule has 6 rings (SSSR count). The van der Waals surface area contributed by atoms with Crippen molar-refractivity contribution in [3.05, 3.63) is 95.1 Å². The van der Waals surface area contributed by atoms with E-state index in [4.69, 9.17) is 5.11 Å². The van der Waals surface area contributed by atoms with Crippen LogP contribution in [-0.4, -0.2) is 47.2 Å². The molecule has 2 amide bonds. The van der Waals surface area contributed by atoms with Crippen LogP contribution in [-0.2, 0) is 32.9 Å². The molecule has 10 nitrogen and oxygen atoms in total. The first kappa shape index (κ1) is 30.3. The highest BCUT2D eigenvalue weighted by Crippen LogP contribution is 2.46. The Morgan fingerprint density at radius 3 is 2.51 bits per heavy atom. The van der Waals surface area contributed by atoms with Gasteiger partial charge in [0.15, 0.2) is 0 Å². The third kappa shape index (κ3) is 6.27. The fraction of sp³-hybridized carbons (Fsp3) is 0.265. The van der Waals surface area contributed by atoms with E-state index in [1.165, 1.54) is 25.1 Å². The number of hydrogen-bond donors (Lipinski definition) is 3. The molecule has 11 heteroatoms. The van der Waals surface area contributed by atoms with Gasteiger partial charge in [0, 0.05) is 36.2 Å². The third-order valence-electron chi connectivity index (χ3n) is 8.57. The molecule has 0 unspecified atom stereocenters. The lowest BCUT2D eigenvalue weighted by molar-refractivity contribution is -0.131. The molecule has 1 fully saturated rings. The fourth-order valence-corrected chi connectivity index (χ4v) is 7.23. The predicted octanol–water partition coefficient (Wildman–Crippen LogP) is 5.51. The fourth-order valence-electron chi connectivity index (χ4n) is 6.41. The number of carbonyl (C=O) groups is 3. The molecule has 0 spiro atoms. The summed E-state index contributed by atoms with van der Waals surface area (Å²) >= 11 is 0. The Kier molecular flexibility index (Phi) is 8.30. The van der Waals surface area contributed by atoms with Gasteiger partial charge < -0.3 is 15.0 Å². The second-order valence-corrected chi connectivity index (χ2v) is 13.4. The van der Waals surface area contributed by atoms with Gasteiger partial charge in [0.2, 0.25) is 5.91 Å². The maximum Gasteiger partial charge on any atom is 0.328 e. The number of aromatic nitrogens is 1. The molecule has 3 aromatic carbocycles. The largest absolute Gasteiger partial charge is 0.478 e. The highest BCUT2D eigenvalue weighted by molar-refractivity contribution is 7.87. The average Bonchev–Trinajstić information content (AvgIpc) is 3.25. The lowest BCUT2D eigenvalue weighted by Crippen LogP contribution is -2.41. The predicted molar refractivity (Wildman–Crippen MR) is 173 cm³/mol. The number of carboxylic acid groups (broad SMARTS) is 1. The van der Waals surface area contributed by atoms with Crippen LogP contribution < -0.4 is 10.0 Å². The van der Waals surface area contributed by atoms with E-state index in [1.807, 2.05) is 34.9 Å². The zero-order chi connectivity index (χ0) is 31.7. The topological polar surface area (TPSA) is 138 Å². The molecule has 45 heavy (non-hydrogen) atoms. The quantitative estimate of drug-likeness (QED) is 0.221. The molecular formula is C34H34N4O6S. The Morgan fingerprint density at radius 2 is 1.78 bits per heavy atom. The Bertz CT molecular complexity index is 1940. The van der Waals surface area contributed by atoms with Crippen LogP contribution in [0, 0.1) is 0 Å². The van der Waals surface area contributed by atoms with Crippen LogP contribution in [0.25, 0.3) is 28.2 Å². The Balaban J connectivity index is 1.30. The summed E-state index contributed by atoms with van der Waals surface area (Å²) in [6.07, 6.45) is 8.02. The van der Waals surface area contributed by atoms with E-state index in [1.54, 1.807) is 36.4 Å². The van der Waals surface area contributed by atoms with Crippen molar-refractivity contribution in [3.63, 3.8) is 0 Å². The minimum absolute atomic E-state index is 0.00392. The van der Waals surface area contributed by atoms with Crippen LogP contribution in [0.3, 0.4) is 0 Å². The Morgan fingerprint density at radius 1 is 1.04 bits per heavy atom. The molecule has 0 radical (unpaired) electrons. The highest BCUT2D eigenvalue weighted by Gasteiger charge is 2.31. The van der Waals surface area contributed by atoms with Gasteiger partial charge in [-0.2, -0.15) is 12.7 Å². The highest BCUT2D eigenvalue weighted by atomic mass is 32.2. The summed E-state index contributed by atoms with van der Waals surface area (Å²) in [5.74, 6) is -1.69. The summed E-state index contributed by atoms with van der Waals surface area (Å²) in [7, 11) is -2.83. The number of hydrogen-bond acceptors (Lipinski definition) is 5. The summed E-state index contributed by atoms with van der Waals surface area (Å²) in [6, 6.07) is 19.7. The molecule has 1 aliphatic heterocycles. The van der Waals surface area contributed by atoms with Crippen LogP contribution in [0.2, 0.25) is 0 Å². The second kappa shape index (κ2) is 12.3. The molecule has 2 aliphatic rings. The van der Waals surface area contributed by atoms with Gasteiger partial charge in [0.25, 0.3) is 5.91 Å². The van der Waals surface area contributed by atoms with Crippen molar-refractivity contribution >= 4 is 50.7 Å². The lowest BCUT2D eigenvalue weighted by Gasteiger charge is -2.23. The van der Waals surface area contributed by atoms with Crippen molar-refractivity contribution in [2.75, 3.05) is 12.4 Å². The molecule has 232 valence electrons. The van der Waals surface area contributed by atoms with Crippen LogP contribution in [0.4, 0.5) is 5.69 Å². The monoisotopic (exact) mass is 626 g/mol. The number of carboxylic acids is 1. The first-order chi connectivity index (χ1) is 21.6. The molecule has 0 atom stereocenters. The van der Waals surface area contributed by atoms with Gasteiger partial charge in [0.1, 0.15) is 6.54 Å². The van der Waals surface area contributed by atoms with E-state index in [0.29, 0.717) is 22.6 Å². The molecule has 1 aromatic heterocycles. The minimum atomic E-state index is -4.20. The van der Waals surface area contributed by atoms with Crippen LogP contribution >= 0.6 is 0 Å². The normalized spacial score (nSPS) is 15.5. The number of nitrogens with zero attached hydrogens (tertiary/aromatic N) is 2. The minimum Gasteiger partial charge on any atom is -0.478 e. The standard InChI is InChI=1S/C34H34N4O6S/c1-37(20-23-13-11-22(12-14-23)15-18-31(40)41)45(43,44)36-34(42)25-16-17-27-29(19-25)38-21-30(39)35-28-10-6-5-9-26(28)33(38)32(27)24-7-3-2-4-8-24/h5-6,9-19,24H,2-4,7-8,20-21H2,1H3,(H,35,39)(H,36,42)(H,40,41)/b18-15-. The van der Waals surface area contributed by atoms with E-state index >= 15 is 0 Å². The summed E-state index contributed by atoms with van der Waals surface area (Å²) in [5, 5.41) is 12.8. The van der Waals surface area contributed by atoms with Crippen molar-refractivity contribution in [1.29, 1.82) is 0 Å². The van der Waals surface area contributed by atoms with Crippen molar-refractivity contribution in [2.24, 2.45) is 0 Å². The molecule has 0 bridgehead atoms. The summed E-state index contributed by atoms with van der Waals surface area (Å²) in [4.78, 5) is 37.1. The maximum atomic E-state index is 13.4. The zero-order valence-corrected chi connectivity index (χ0v) is 25.6. The van der Waals surface area contributed by atoms with E-state index < -0.39 is 22.1 Å². The third-order valence-corrected chi connectivity index (χ3v) is 9.97. The van der Waals surface area contributed by atoms with Gasteiger partial charge >= 0.3 is 16.2 Å². The van der Waals surface area contributed by atoms with Crippen molar-refractivity contribution in [3.8, 4) is 11.3 Å². The van der Waals surface area contributed by atoms with Gasteiger partial charge in [0.05, 0.1) is 16.9 Å². The molecule has 2 heterocycles. The number of para-hydroxylation sites is 1. The van der Waals surface area contributed by atoms with E-state index in [-0.39, 0.29) is 24.6 Å². The number of nitrogens with one attached hydrogen (secondary N) is 2. The van der Waals surface area contributed by atoms with Crippen LogP contribution in [0.1, 0.15) is 65.1 Å². The van der Waals surface area contributed by atoms with Crippen molar-refractivity contribution in [1.82, 2.24) is 13.6 Å². The number of carbonyl (C=O) groups excluding carboxylic acids is 2. The van der Waals surface area contributed by atoms with Gasteiger partial charge in [-0.3, -0.25) is 9.59 Å². The van der Waals surface area contributed by atoms with Crippen LogP contribution in [0.15, 0.2) is 72.8 Å². The maximum absolute atomic E-state index is 13.4. The molecular weight excluding hydrogens is 592 g/mol. The van der Waals surface area contributed by atoms with Crippen molar-refractivity contribution in [2.45, 2.75) is 51.1 Å². The van der Waals surface area contributed by atoms with E-state index in [2.05, 4.69) is 10.0 Å². The van der Waals surface area contributed by atoms with Crippen molar-refractivity contribution < 1.29 is 27.9 Å². The van der Waals surface area contributed by atoms with Gasteiger partial charge in [-0.25, -0.2) is 9.52 Å². The van der Waals surface area contributed by atoms with Gasteiger partial charge in [-0.1, -0.05) is 67.8 Å². The number of aliphatic carboxylic acids is 1. The summed E-state index contributed by atoms with van der Waals surface area (Å²) in [6.45, 7) is 0.0697. The lowest BCUT2D eigenvalue weighted by atomic mass is 9.81. The molecule has 1 saturated carbocycles. The number of benzene rings is 3. The molecule has 4 aromatic rings. The van der Waals surface area contributed by atoms with Gasteiger partial charge in [-0.05, 0) is 59.7 Å². The number of rotatable bonds is 8. The molecule has 1 aliphatic carbocycles. The Labute approximate surface area is 261 Å². The van der Waals surface area contributed by atoms with E-state index in [9.17, 15) is 22.8 Å². The number of fused-ring (bicyclic) bond motifs is 5. The molecule has 0 saturated heterocycles. The first-order valence-electron chi connectivity index (χ1n) is 14.9. The summed E-state index contributed by atoms with van der Waals surface area (Å²) < 4.78 is 31.5. The first-order valence-corrected chi connectivity index (χ1v) is 16.4. The smallest absolute Gasteiger partial charge is 0.328 e. The number of amides is 2. The molecule has 3 N–H and O–H groups in total. The zero-order valence-electron chi connectivity index (χ0n) is 24.8.